The smallest absolute Gasteiger partial charge is 0.344 e. The molecule has 27 heavy (non-hydrogen) atoms. The average molecular weight is 371 g/mol. The standard InChI is InChI=1S/C19H21N3O5/c1-3-22(4-2)18(25)13-7-5-8-14(11-13)21-16(23)12-27-19(26)15-9-6-10-20-17(15)24/h5-11H,3-4,12H2,1-2H3,(H,20,24)(H,21,23). The first-order valence-electron chi connectivity index (χ1n) is 8.50. The number of esters is 1. The number of benzene rings is 1. The number of amides is 2. The minimum atomic E-state index is -0.891. The zero-order valence-corrected chi connectivity index (χ0v) is 15.2. The van der Waals surface area contributed by atoms with Crippen LogP contribution in [-0.2, 0) is 9.53 Å². The quantitative estimate of drug-likeness (QED) is 0.720. The average Bonchev–Trinajstić information content (AvgIpc) is 2.67. The van der Waals surface area contributed by atoms with Crippen molar-refractivity contribution >= 4 is 23.5 Å². The van der Waals surface area contributed by atoms with Gasteiger partial charge in [0.15, 0.2) is 6.61 Å². The molecule has 2 N–H and O–H groups in total. The van der Waals surface area contributed by atoms with Gasteiger partial charge in [-0.25, -0.2) is 4.79 Å². The molecule has 1 heterocycles. The fourth-order valence-corrected chi connectivity index (χ4v) is 2.41. The Kier molecular flexibility index (Phi) is 6.87. The number of nitrogens with zero attached hydrogens (tertiary/aromatic N) is 1. The number of carbonyl (C=O) groups excluding carboxylic acids is 3. The van der Waals surface area contributed by atoms with Crippen molar-refractivity contribution in [2.24, 2.45) is 0 Å². The van der Waals surface area contributed by atoms with Gasteiger partial charge in [-0.15, -0.1) is 0 Å². The summed E-state index contributed by atoms with van der Waals surface area (Å²) >= 11 is 0. The lowest BCUT2D eigenvalue weighted by atomic mass is 10.1. The number of carbonyl (C=O) groups is 3. The maximum atomic E-state index is 12.4. The number of anilines is 1. The van der Waals surface area contributed by atoms with Gasteiger partial charge in [0, 0.05) is 30.5 Å². The van der Waals surface area contributed by atoms with Gasteiger partial charge in [-0.05, 0) is 44.2 Å². The van der Waals surface area contributed by atoms with E-state index in [4.69, 9.17) is 4.74 Å². The van der Waals surface area contributed by atoms with Crippen LogP contribution in [0.4, 0.5) is 5.69 Å². The number of hydrogen-bond donors (Lipinski definition) is 2. The second-order valence-electron chi connectivity index (χ2n) is 5.60. The summed E-state index contributed by atoms with van der Waals surface area (Å²) in [4.78, 5) is 51.7. The summed E-state index contributed by atoms with van der Waals surface area (Å²) in [5, 5.41) is 2.56. The van der Waals surface area contributed by atoms with Crippen LogP contribution in [0.3, 0.4) is 0 Å². The molecule has 2 amide bonds. The molecular weight excluding hydrogens is 350 g/mol. The Morgan fingerprint density at radius 2 is 1.85 bits per heavy atom. The Hall–Kier alpha value is -3.42. The minimum absolute atomic E-state index is 0.133. The molecule has 0 radical (unpaired) electrons. The summed E-state index contributed by atoms with van der Waals surface area (Å²) in [6, 6.07) is 9.29. The summed E-state index contributed by atoms with van der Waals surface area (Å²) in [5.74, 6) is -1.61. The van der Waals surface area contributed by atoms with Gasteiger partial charge in [-0.1, -0.05) is 6.07 Å². The maximum absolute atomic E-state index is 12.4. The molecule has 142 valence electrons. The number of hydrogen-bond acceptors (Lipinski definition) is 5. The molecule has 0 aliphatic heterocycles. The lowest BCUT2D eigenvalue weighted by molar-refractivity contribution is -0.119. The topological polar surface area (TPSA) is 109 Å². The molecule has 0 unspecified atom stereocenters. The Labute approximate surface area is 156 Å². The third-order valence-electron chi connectivity index (χ3n) is 3.82. The molecule has 0 aliphatic rings. The lowest BCUT2D eigenvalue weighted by Crippen LogP contribution is -2.30. The summed E-state index contributed by atoms with van der Waals surface area (Å²) in [6.07, 6.45) is 1.39. The number of aromatic nitrogens is 1. The summed E-state index contributed by atoms with van der Waals surface area (Å²) < 4.78 is 4.85. The summed E-state index contributed by atoms with van der Waals surface area (Å²) in [6.45, 7) is 4.39. The Bertz CT molecular complexity index is 887. The second-order valence-corrected chi connectivity index (χ2v) is 5.60. The van der Waals surface area contributed by atoms with Crippen LogP contribution in [-0.4, -0.2) is 47.4 Å². The van der Waals surface area contributed by atoms with Gasteiger partial charge >= 0.3 is 5.97 Å². The van der Waals surface area contributed by atoms with Crippen LogP contribution in [0.2, 0.25) is 0 Å². The van der Waals surface area contributed by atoms with Gasteiger partial charge in [-0.2, -0.15) is 0 Å². The van der Waals surface area contributed by atoms with E-state index in [0.29, 0.717) is 24.3 Å². The summed E-state index contributed by atoms with van der Waals surface area (Å²) in [7, 11) is 0. The molecule has 0 aliphatic carbocycles. The molecule has 0 fully saturated rings. The van der Waals surface area contributed by atoms with Gasteiger partial charge in [-0.3, -0.25) is 14.4 Å². The van der Waals surface area contributed by atoms with Crippen LogP contribution in [0, 0.1) is 0 Å². The largest absolute Gasteiger partial charge is 0.452 e. The van der Waals surface area contributed by atoms with Crippen molar-refractivity contribution in [2.75, 3.05) is 25.0 Å². The molecule has 1 aromatic heterocycles. The number of rotatable bonds is 7. The van der Waals surface area contributed by atoms with Crippen LogP contribution in [0.1, 0.15) is 34.6 Å². The SMILES string of the molecule is CCN(CC)C(=O)c1cccc(NC(=O)COC(=O)c2ccc[nH]c2=O)c1. The highest BCUT2D eigenvalue weighted by Gasteiger charge is 2.15. The zero-order valence-electron chi connectivity index (χ0n) is 15.2. The normalized spacial score (nSPS) is 10.1. The molecule has 1 aromatic carbocycles. The number of nitrogens with one attached hydrogen (secondary N) is 2. The van der Waals surface area contributed by atoms with Crippen molar-refractivity contribution in [3.8, 4) is 0 Å². The van der Waals surface area contributed by atoms with Crippen molar-refractivity contribution in [3.63, 3.8) is 0 Å². The van der Waals surface area contributed by atoms with E-state index >= 15 is 0 Å². The molecule has 0 saturated carbocycles. The monoisotopic (exact) mass is 371 g/mol. The Morgan fingerprint density at radius 1 is 1.11 bits per heavy atom. The van der Waals surface area contributed by atoms with Crippen molar-refractivity contribution in [1.29, 1.82) is 0 Å². The first kappa shape index (κ1) is 19.9. The van der Waals surface area contributed by atoms with Gasteiger partial charge in [0.25, 0.3) is 17.4 Å². The van der Waals surface area contributed by atoms with E-state index in [-0.39, 0.29) is 11.5 Å². The first-order valence-corrected chi connectivity index (χ1v) is 8.50. The minimum Gasteiger partial charge on any atom is -0.452 e. The van der Waals surface area contributed by atoms with Crippen LogP contribution in [0.15, 0.2) is 47.4 Å². The molecule has 8 nitrogen and oxygen atoms in total. The highest BCUT2D eigenvalue weighted by Crippen LogP contribution is 2.13. The highest BCUT2D eigenvalue weighted by atomic mass is 16.5. The van der Waals surface area contributed by atoms with E-state index in [2.05, 4.69) is 10.3 Å². The zero-order chi connectivity index (χ0) is 19.8. The molecule has 2 aromatic rings. The molecule has 8 heteroatoms. The van der Waals surface area contributed by atoms with Crippen molar-refractivity contribution in [3.05, 3.63) is 64.1 Å². The summed E-state index contributed by atoms with van der Waals surface area (Å²) in [5.41, 5.74) is 0.0820. The van der Waals surface area contributed by atoms with Gasteiger partial charge in [0.05, 0.1) is 0 Å². The fraction of sp³-hybridized carbons (Fsp3) is 0.263. The predicted octanol–water partition coefficient (Wildman–Crippen LogP) is 1.65. The highest BCUT2D eigenvalue weighted by molar-refractivity contribution is 5.98. The van der Waals surface area contributed by atoms with Gasteiger partial charge in [0.2, 0.25) is 0 Å². The van der Waals surface area contributed by atoms with E-state index < -0.39 is 24.0 Å². The molecule has 0 bridgehead atoms. The van der Waals surface area contributed by atoms with Gasteiger partial charge < -0.3 is 19.9 Å². The second kappa shape index (κ2) is 9.33. The van der Waals surface area contributed by atoms with E-state index in [1.807, 2.05) is 13.8 Å². The van der Waals surface area contributed by atoms with Crippen LogP contribution in [0.25, 0.3) is 0 Å². The Balaban J connectivity index is 1.97. The number of aromatic amines is 1. The van der Waals surface area contributed by atoms with Crippen molar-refractivity contribution in [2.45, 2.75) is 13.8 Å². The first-order chi connectivity index (χ1) is 13.0. The predicted molar refractivity (Wildman–Crippen MR) is 99.7 cm³/mol. The molecule has 0 saturated heterocycles. The van der Waals surface area contributed by atoms with E-state index in [0.717, 1.165) is 0 Å². The van der Waals surface area contributed by atoms with Crippen molar-refractivity contribution < 1.29 is 19.1 Å². The van der Waals surface area contributed by atoms with Crippen LogP contribution < -0.4 is 10.9 Å². The molecule has 0 spiro atoms. The fourth-order valence-electron chi connectivity index (χ4n) is 2.41. The van der Waals surface area contributed by atoms with E-state index in [1.165, 1.54) is 18.3 Å². The Morgan fingerprint density at radius 3 is 2.52 bits per heavy atom. The maximum Gasteiger partial charge on any atom is 0.344 e. The third-order valence-corrected chi connectivity index (χ3v) is 3.82. The van der Waals surface area contributed by atoms with Crippen LogP contribution in [0.5, 0.6) is 0 Å². The number of pyridine rings is 1. The van der Waals surface area contributed by atoms with E-state index in [9.17, 15) is 19.2 Å². The number of ether oxygens (including phenoxy) is 1. The van der Waals surface area contributed by atoms with E-state index in [1.54, 1.807) is 29.2 Å². The van der Waals surface area contributed by atoms with Crippen LogP contribution >= 0.6 is 0 Å². The lowest BCUT2D eigenvalue weighted by Gasteiger charge is -2.19. The van der Waals surface area contributed by atoms with Gasteiger partial charge in [0.1, 0.15) is 5.56 Å². The number of H-pyrrole nitrogens is 1. The third kappa shape index (κ3) is 5.27. The molecule has 2 rings (SSSR count). The van der Waals surface area contributed by atoms with Crippen molar-refractivity contribution in [1.82, 2.24) is 9.88 Å². The molecule has 0 atom stereocenters. The molecular formula is C19H21N3O5.